The molecule has 1 heterocycles. The summed E-state index contributed by atoms with van der Waals surface area (Å²) in [5.41, 5.74) is 2.46. The van der Waals surface area contributed by atoms with E-state index in [0.717, 1.165) is 24.8 Å². The third-order valence-corrected chi connectivity index (χ3v) is 3.52. The van der Waals surface area contributed by atoms with E-state index < -0.39 is 5.60 Å². The Morgan fingerprint density at radius 3 is 2.84 bits per heavy atom. The van der Waals surface area contributed by atoms with Crippen LogP contribution in [0.5, 0.6) is 0 Å². The van der Waals surface area contributed by atoms with Crippen LogP contribution in [-0.2, 0) is 11.2 Å². The van der Waals surface area contributed by atoms with Gasteiger partial charge >= 0.3 is 5.97 Å². The van der Waals surface area contributed by atoms with Crippen LogP contribution in [0.2, 0.25) is 0 Å². The quantitative estimate of drug-likeness (QED) is 0.599. The summed E-state index contributed by atoms with van der Waals surface area (Å²) in [5, 5.41) is 0. The highest BCUT2D eigenvalue weighted by Gasteiger charge is 2.36. The molecule has 0 aliphatic carbocycles. The van der Waals surface area contributed by atoms with E-state index in [1.807, 2.05) is 24.3 Å². The molecule has 0 amide bonds. The second-order valence-electron chi connectivity index (χ2n) is 5.31. The van der Waals surface area contributed by atoms with Gasteiger partial charge in [0.25, 0.3) is 0 Å². The molecular formula is C17H20O2. The van der Waals surface area contributed by atoms with Gasteiger partial charge in [0.2, 0.25) is 0 Å². The van der Waals surface area contributed by atoms with Crippen molar-refractivity contribution in [2.45, 2.75) is 38.7 Å². The Morgan fingerprint density at radius 1 is 1.42 bits per heavy atom. The summed E-state index contributed by atoms with van der Waals surface area (Å²) >= 11 is 0. The van der Waals surface area contributed by atoms with Gasteiger partial charge in [-0.05, 0) is 44.4 Å². The highest BCUT2D eigenvalue weighted by atomic mass is 16.6. The van der Waals surface area contributed by atoms with Crippen molar-refractivity contribution in [3.63, 3.8) is 0 Å². The van der Waals surface area contributed by atoms with Gasteiger partial charge in [-0.3, -0.25) is 0 Å². The maximum atomic E-state index is 12.1. The molecule has 1 atom stereocenters. The summed E-state index contributed by atoms with van der Waals surface area (Å²) in [6.45, 7) is 8.01. The first kappa shape index (κ1) is 13.6. The molecule has 0 spiro atoms. The lowest BCUT2D eigenvalue weighted by Gasteiger charge is -2.35. The van der Waals surface area contributed by atoms with Crippen LogP contribution in [0.15, 0.2) is 48.6 Å². The number of esters is 1. The number of rotatable bonds is 4. The molecule has 1 unspecified atom stereocenters. The van der Waals surface area contributed by atoms with Gasteiger partial charge in [-0.1, -0.05) is 36.4 Å². The van der Waals surface area contributed by atoms with Crippen molar-refractivity contribution < 1.29 is 9.53 Å². The molecule has 0 saturated carbocycles. The van der Waals surface area contributed by atoms with Crippen molar-refractivity contribution >= 4 is 5.97 Å². The van der Waals surface area contributed by atoms with Crippen LogP contribution in [0.3, 0.4) is 0 Å². The smallest absolute Gasteiger partial charge is 0.339 e. The maximum absolute atomic E-state index is 12.1. The lowest BCUT2D eigenvalue weighted by molar-refractivity contribution is -0.00471. The largest absolute Gasteiger partial charge is 0.451 e. The van der Waals surface area contributed by atoms with Crippen molar-refractivity contribution in [2.75, 3.05) is 0 Å². The van der Waals surface area contributed by atoms with E-state index in [9.17, 15) is 4.79 Å². The number of carbonyl (C=O) groups is 1. The topological polar surface area (TPSA) is 26.3 Å². The van der Waals surface area contributed by atoms with Gasteiger partial charge in [-0.25, -0.2) is 4.79 Å². The minimum Gasteiger partial charge on any atom is -0.451 e. The molecule has 1 aromatic rings. The Balaban J connectivity index is 2.22. The van der Waals surface area contributed by atoms with Crippen LogP contribution < -0.4 is 0 Å². The van der Waals surface area contributed by atoms with Crippen LogP contribution in [-0.4, -0.2) is 11.6 Å². The van der Waals surface area contributed by atoms with Crippen LogP contribution in [0.4, 0.5) is 0 Å². The van der Waals surface area contributed by atoms with Gasteiger partial charge < -0.3 is 4.74 Å². The third-order valence-electron chi connectivity index (χ3n) is 3.52. The standard InChI is InChI=1S/C17H20O2/c1-4-17(11-7-8-13(2)3)12-14-9-5-6-10-15(14)16(18)19-17/h4-6,8-10H,1,7,11-12H2,2-3H3. The second kappa shape index (κ2) is 5.43. The van der Waals surface area contributed by atoms with Gasteiger partial charge in [-0.15, -0.1) is 0 Å². The second-order valence-corrected chi connectivity index (χ2v) is 5.31. The van der Waals surface area contributed by atoms with Crippen molar-refractivity contribution in [1.82, 2.24) is 0 Å². The maximum Gasteiger partial charge on any atom is 0.339 e. The summed E-state index contributed by atoms with van der Waals surface area (Å²) < 4.78 is 5.65. The predicted molar refractivity (Wildman–Crippen MR) is 77.2 cm³/mol. The zero-order valence-corrected chi connectivity index (χ0v) is 11.6. The van der Waals surface area contributed by atoms with Gasteiger partial charge in [0.05, 0.1) is 5.56 Å². The Kier molecular flexibility index (Phi) is 3.89. The lowest BCUT2D eigenvalue weighted by atomic mass is 9.85. The molecule has 0 bridgehead atoms. The summed E-state index contributed by atoms with van der Waals surface area (Å²) in [7, 11) is 0. The Bertz CT molecular complexity index is 524. The first-order chi connectivity index (χ1) is 9.06. The number of allylic oxidation sites excluding steroid dienone is 2. The number of benzene rings is 1. The Morgan fingerprint density at radius 2 is 2.16 bits per heavy atom. The number of cyclic esters (lactones) is 1. The summed E-state index contributed by atoms with van der Waals surface area (Å²) in [4.78, 5) is 12.1. The van der Waals surface area contributed by atoms with E-state index >= 15 is 0 Å². The number of fused-ring (bicyclic) bond motifs is 1. The Hall–Kier alpha value is -1.83. The normalized spacial score (nSPS) is 21.3. The molecule has 0 saturated heterocycles. The zero-order valence-electron chi connectivity index (χ0n) is 11.6. The van der Waals surface area contributed by atoms with Gasteiger partial charge in [-0.2, -0.15) is 0 Å². The molecule has 0 N–H and O–H groups in total. The van der Waals surface area contributed by atoms with Crippen molar-refractivity contribution in [2.24, 2.45) is 0 Å². The SMILES string of the molecule is C=CC1(CCC=C(C)C)Cc2ccccc2C(=O)O1. The van der Waals surface area contributed by atoms with E-state index in [2.05, 4.69) is 26.5 Å². The van der Waals surface area contributed by atoms with Crippen molar-refractivity contribution in [3.8, 4) is 0 Å². The van der Waals surface area contributed by atoms with Crippen LogP contribution in [0, 0.1) is 0 Å². The molecule has 1 aromatic carbocycles. The number of ether oxygens (including phenoxy) is 1. The number of hydrogen-bond donors (Lipinski definition) is 0. The van der Waals surface area contributed by atoms with E-state index in [1.54, 1.807) is 6.08 Å². The molecule has 0 radical (unpaired) electrons. The molecule has 2 rings (SSSR count). The van der Waals surface area contributed by atoms with Crippen LogP contribution in [0.25, 0.3) is 0 Å². The van der Waals surface area contributed by atoms with Gasteiger partial charge in [0, 0.05) is 6.42 Å². The monoisotopic (exact) mass is 256 g/mol. The third kappa shape index (κ3) is 2.95. The number of carbonyl (C=O) groups excluding carboxylic acids is 1. The van der Waals surface area contributed by atoms with Gasteiger partial charge in [0.15, 0.2) is 0 Å². The first-order valence-corrected chi connectivity index (χ1v) is 6.64. The average Bonchev–Trinajstić information content (AvgIpc) is 2.38. The molecule has 2 nitrogen and oxygen atoms in total. The highest BCUT2D eigenvalue weighted by Crippen LogP contribution is 2.32. The molecule has 0 fully saturated rings. The zero-order chi connectivity index (χ0) is 13.9. The molecule has 0 aromatic heterocycles. The molecule has 100 valence electrons. The van der Waals surface area contributed by atoms with Crippen LogP contribution in [0.1, 0.15) is 42.6 Å². The summed E-state index contributed by atoms with van der Waals surface area (Å²) in [6.07, 6.45) is 6.33. The molecule has 1 aliphatic rings. The van der Waals surface area contributed by atoms with E-state index in [0.29, 0.717) is 5.56 Å². The summed E-state index contributed by atoms with van der Waals surface area (Å²) in [5.74, 6) is -0.237. The number of hydrogen-bond acceptors (Lipinski definition) is 2. The fourth-order valence-electron chi connectivity index (χ4n) is 2.43. The molecule has 1 aliphatic heterocycles. The lowest BCUT2D eigenvalue weighted by Crippen LogP contribution is -2.39. The molecule has 19 heavy (non-hydrogen) atoms. The fraction of sp³-hybridized carbons (Fsp3) is 0.353. The van der Waals surface area contributed by atoms with E-state index in [1.165, 1.54) is 5.57 Å². The van der Waals surface area contributed by atoms with Gasteiger partial charge in [0.1, 0.15) is 5.60 Å². The van der Waals surface area contributed by atoms with E-state index in [-0.39, 0.29) is 5.97 Å². The highest BCUT2D eigenvalue weighted by molar-refractivity contribution is 5.92. The summed E-state index contributed by atoms with van der Waals surface area (Å²) in [6, 6.07) is 7.64. The average molecular weight is 256 g/mol. The fourth-order valence-corrected chi connectivity index (χ4v) is 2.43. The first-order valence-electron chi connectivity index (χ1n) is 6.64. The van der Waals surface area contributed by atoms with E-state index in [4.69, 9.17) is 4.74 Å². The van der Waals surface area contributed by atoms with Crippen LogP contribution >= 0.6 is 0 Å². The van der Waals surface area contributed by atoms with Crippen molar-refractivity contribution in [1.29, 1.82) is 0 Å². The minimum atomic E-state index is -0.558. The minimum absolute atomic E-state index is 0.237. The Labute approximate surface area is 114 Å². The predicted octanol–water partition coefficient (Wildman–Crippen LogP) is 4.07. The van der Waals surface area contributed by atoms with Crippen molar-refractivity contribution in [3.05, 3.63) is 59.7 Å². The molecule has 2 heteroatoms. The molecular weight excluding hydrogens is 236 g/mol.